The standard InChI is InChI=1S/C23H19Si.C5H4Br.Fe/c1-4-12-20(13-5-1)24(23-18-10-11-19-23,21-14-6-2-7-15-21)22-16-8-3-9-17-22;6-5-3-1-2-4-5;/h1-19H;1-4H;/q2*-1;+2. The summed E-state index contributed by atoms with van der Waals surface area (Å²) in [6.07, 6.45) is 0. The molecule has 0 atom stereocenters. The Hall–Kier alpha value is -2.42. The van der Waals surface area contributed by atoms with Crippen molar-refractivity contribution in [2.24, 2.45) is 0 Å². The molecule has 0 heterocycles. The average molecular weight is 523 g/mol. The maximum atomic E-state index is 3.28. The zero-order chi connectivity index (χ0) is 20.7. The largest absolute Gasteiger partial charge is 2.00 e. The van der Waals surface area contributed by atoms with Crippen LogP contribution in [0.3, 0.4) is 0 Å². The van der Waals surface area contributed by atoms with E-state index >= 15 is 0 Å². The minimum Gasteiger partial charge on any atom is -0.212 e. The molecule has 31 heavy (non-hydrogen) atoms. The van der Waals surface area contributed by atoms with Crippen LogP contribution in [0.4, 0.5) is 0 Å². The van der Waals surface area contributed by atoms with E-state index in [0.717, 1.165) is 4.47 Å². The fraction of sp³-hybridized carbons (Fsp3) is 0. The van der Waals surface area contributed by atoms with Crippen LogP contribution in [-0.4, -0.2) is 8.07 Å². The first kappa shape index (κ1) is 23.2. The molecule has 0 fully saturated rings. The van der Waals surface area contributed by atoms with Gasteiger partial charge in [0, 0.05) is 0 Å². The van der Waals surface area contributed by atoms with Crippen molar-refractivity contribution in [3.63, 3.8) is 0 Å². The summed E-state index contributed by atoms with van der Waals surface area (Å²) in [5.41, 5.74) is 0. The Morgan fingerprint density at radius 1 is 0.484 bits per heavy atom. The van der Waals surface area contributed by atoms with Crippen LogP contribution in [0.1, 0.15) is 0 Å². The van der Waals surface area contributed by atoms with E-state index in [1.54, 1.807) is 0 Å². The van der Waals surface area contributed by atoms with E-state index in [4.69, 9.17) is 0 Å². The zero-order valence-corrected chi connectivity index (χ0v) is 20.7. The Kier molecular flexibility index (Phi) is 8.45. The van der Waals surface area contributed by atoms with E-state index in [2.05, 4.69) is 131 Å². The van der Waals surface area contributed by atoms with Gasteiger partial charge in [-0.1, -0.05) is 107 Å². The van der Waals surface area contributed by atoms with Gasteiger partial charge in [-0.15, -0.1) is 20.4 Å². The predicted octanol–water partition coefficient (Wildman–Crippen LogP) is 4.95. The molecule has 3 heteroatoms. The third-order valence-electron chi connectivity index (χ3n) is 5.34. The van der Waals surface area contributed by atoms with Crippen LogP contribution in [0.15, 0.2) is 144 Å². The molecule has 0 aliphatic carbocycles. The number of hydrogen-bond donors (Lipinski definition) is 0. The molecule has 154 valence electrons. The summed E-state index contributed by atoms with van der Waals surface area (Å²) >= 11 is 3.28. The Balaban J connectivity index is 0.000000338. The van der Waals surface area contributed by atoms with Crippen LogP contribution < -0.4 is 20.7 Å². The van der Waals surface area contributed by atoms with Crippen molar-refractivity contribution >= 4 is 44.8 Å². The van der Waals surface area contributed by atoms with Crippen LogP contribution in [-0.2, 0) is 17.1 Å². The fourth-order valence-electron chi connectivity index (χ4n) is 4.04. The quantitative estimate of drug-likeness (QED) is 0.178. The molecule has 0 unspecified atom stereocenters. The second-order valence-electron chi connectivity index (χ2n) is 7.12. The molecule has 0 saturated carbocycles. The maximum Gasteiger partial charge on any atom is 2.00 e. The molecular formula is C28H23BrFeSi. The molecular weight excluding hydrogens is 500 g/mol. The minimum absolute atomic E-state index is 0. The molecule has 0 nitrogen and oxygen atoms in total. The Morgan fingerprint density at radius 3 is 1.19 bits per heavy atom. The van der Waals surface area contributed by atoms with Crippen molar-refractivity contribution in [1.82, 2.24) is 0 Å². The number of benzene rings is 3. The summed E-state index contributed by atoms with van der Waals surface area (Å²) in [7, 11) is -2.25. The van der Waals surface area contributed by atoms with Gasteiger partial charge in [0.1, 0.15) is 8.07 Å². The van der Waals surface area contributed by atoms with Crippen molar-refractivity contribution in [3.05, 3.63) is 144 Å². The molecule has 0 aromatic heterocycles. The van der Waals surface area contributed by atoms with Gasteiger partial charge in [0.05, 0.1) is 0 Å². The molecule has 0 spiro atoms. The van der Waals surface area contributed by atoms with E-state index in [1.165, 1.54) is 20.7 Å². The first-order valence-corrected chi connectivity index (χ1v) is 12.9. The summed E-state index contributed by atoms with van der Waals surface area (Å²) in [6.45, 7) is 0. The second-order valence-corrected chi connectivity index (χ2v) is 11.8. The topological polar surface area (TPSA) is 0 Å². The SMILES string of the molecule is Brc1cc[cH-]c1.[Fe+2].c1ccc([Si](c2ccccc2)(c2ccccc2)c2cc[cH-]c2)cc1. The van der Waals surface area contributed by atoms with E-state index in [-0.39, 0.29) is 17.1 Å². The van der Waals surface area contributed by atoms with Gasteiger partial charge in [-0.2, -0.15) is 47.7 Å². The van der Waals surface area contributed by atoms with E-state index in [0.29, 0.717) is 0 Å². The molecule has 5 aromatic rings. The summed E-state index contributed by atoms with van der Waals surface area (Å²) < 4.78 is 1.16. The normalized spacial score (nSPS) is 10.5. The fourth-order valence-corrected chi connectivity index (χ4v) is 9.11. The van der Waals surface area contributed by atoms with Gasteiger partial charge in [0.2, 0.25) is 0 Å². The molecule has 0 aliphatic rings. The van der Waals surface area contributed by atoms with Gasteiger partial charge in [0.15, 0.2) is 0 Å². The first-order chi connectivity index (χ1) is 14.8. The van der Waals surface area contributed by atoms with Crippen molar-refractivity contribution in [1.29, 1.82) is 0 Å². The van der Waals surface area contributed by atoms with Gasteiger partial charge in [-0.05, 0) is 0 Å². The minimum atomic E-state index is -2.25. The third-order valence-corrected chi connectivity index (χ3v) is 10.7. The number of rotatable bonds is 4. The summed E-state index contributed by atoms with van der Waals surface area (Å²) in [6, 6.07) is 49.9. The molecule has 0 bridgehead atoms. The molecule has 5 rings (SSSR count). The Labute approximate surface area is 204 Å². The molecule has 0 saturated heterocycles. The molecule has 0 aliphatic heterocycles. The van der Waals surface area contributed by atoms with E-state index in [9.17, 15) is 0 Å². The molecule has 0 radical (unpaired) electrons. The van der Waals surface area contributed by atoms with E-state index in [1.807, 2.05) is 24.3 Å². The van der Waals surface area contributed by atoms with E-state index < -0.39 is 8.07 Å². The Bertz CT molecular complexity index is 1020. The smallest absolute Gasteiger partial charge is 0.212 e. The van der Waals surface area contributed by atoms with Crippen LogP contribution >= 0.6 is 15.9 Å². The van der Waals surface area contributed by atoms with Gasteiger partial charge in [-0.3, -0.25) is 0 Å². The zero-order valence-electron chi connectivity index (χ0n) is 17.0. The van der Waals surface area contributed by atoms with Crippen LogP contribution in [0.25, 0.3) is 0 Å². The number of halogens is 1. The predicted molar refractivity (Wildman–Crippen MR) is 135 cm³/mol. The van der Waals surface area contributed by atoms with Crippen LogP contribution in [0, 0.1) is 0 Å². The number of hydrogen-bond acceptors (Lipinski definition) is 0. The maximum absolute atomic E-state index is 3.28. The van der Waals surface area contributed by atoms with Gasteiger partial charge in [0.25, 0.3) is 0 Å². The summed E-state index contributed by atoms with van der Waals surface area (Å²) in [4.78, 5) is 0. The van der Waals surface area contributed by atoms with Crippen molar-refractivity contribution in [2.75, 3.05) is 0 Å². The van der Waals surface area contributed by atoms with Crippen LogP contribution in [0.5, 0.6) is 0 Å². The monoisotopic (exact) mass is 522 g/mol. The summed E-state index contributed by atoms with van der Waals surface area (Å²) in [5, 5.41) is 5.71. The first-order valence-electron chi connectivity index (χ1n) is 10.1. The second kappa shape index (κ2) is 11.3. The average Bonchev–Trinajstić information content (AvgIpc) is 3.52. The molecule has 0 amide bonds. The summed E-state index contributed by atoms with van der Waals surface area (Å²) in [5.74, 6) is 0. The van der Waals surface area contributed by atoms with Crippen molar-refractivity contribution < 1.29 is 17.1 Å². The van der Waals surface area contributed by atoms with Gasteiger partial charge >= 0.3 is 17.1 Å². The third kappa shape index (κ3) is 5.08. The van der Waals surface area contributed by atoms with Gasteiger partial charge < -0.3 is 0 Å². The molecule has 0 N–H and O–H groups in total. The van der Waals surface area contributed by atoms with Crippen molar-refractivity contribution in [2.45, 2.75) is 0 Å². The van der Waals surface area contributed by atoms with Gasteiger partial charge in [-0.25, -0.2) is 6.07 Å². The molecule has 5 aromatic carbocycles. The van der Waals surface area contributed by atoms with Crippen LogP contribution in [0.2, 0.25) is 0 Å². The Morgan fingerprint density at radius 2 is 0.903 bits per heavy atom. The van der Waals surface area contributed by atoms with Crippen molar-refractivity contribution in [3.8, 4) is 0 Å².